The van der Waals surface area contributed by atoms with E-state index in [9.17, 15) is 4.79 Å². The Balaban J connectivity index is 1.59. The van der Waals surface area contributed by atoms with E-state index in [4.69, 9.17) is 0 Å². The number of aromatic amines is 1. The molecule has 1 aliphatic rings. The number of fused-ring (bicyclic) bond motifs is 1. The Bertz CT molecular complexity index is 1120. The number of hydrogen-bond acceptors (Lipinski definition) is 5. The van der Waals surface area contributed by atoms with Crippen LogP contribution >= 0.6 is 0 Å². The average molecular weight is 386 g/mol. The quantitative estimate of drug-likeness (QED) is 0.532. The van der Waals surface area contributed by atoms with Crippen LogP contribution in [0.1, 0.15) is 17.2 Å². The lowest BCUT2D eigenvalue weighted by molar-refractivity contribution is 0.342. The summed E-state index contributed by atoms with van der Waals surface area (Å²) in [4.78, 5) is 26.9. The largest absolute Gasteiger partial charge is 0.346 e. The second-order valence-corrected chi connectivity index (χ2v) is 7.34. The van der Waals surface area contributed by atoms with Gasteiger partial charge < -0.3 is 15.2 Å². The van der Waals surface area contributed by atoms with Crippen LogP contribution < -0.4 is 15.9 Å². The van der Waals surface area contributed by atoms with Gasteiger partial charge in [-0.15, -0.1) is 0 Å². The number of nitrogens with one attached hydrogen (secondary N) is 2. The molecule has 0 bridgehead atoms. The summed E-state index contributed by atoms with van der Waals surface area (Å²) >= 11 is 0. The molecule has 0 amide bonds. The molecule has 2 N–H and O–H groups in total. The maximum atomic E-state index is 12.7. The van der Waals surface area contributed by atoms with Crippen LogP contribution in [-0.2, 0) is 13.1 Å². The van der Waals surface area contributed by atoms with Crippen molar-refractivity contribution in [3.8, 4) is 0 Å². The standard InChI is InChI=1S/C22H22N6O/c29-22-26-19-20(24-15-25-21(19)28(22)18-11-23-12-18)27(13-16-7-3-1-4-8-16)14-17-9-5-2-6-10-17/h1-10,15,18,23H,11-14H2,(H,26,29). The van der Waals surface area contributed by atoms with Crippen molar-refractivity contribution in [1.29, 1.82) is 0 Å². The topological polar surface area (TPSA) is 78.8 Å². The summed E-state index contributed by atoms with van der Waals surface area (Å²) in [5, 5.41) is 3.22. The number of benzene rings is 2. The zero-order chi connectivity index (χ0) is 19.6. The van der Waals surface area contributed by atoms with Crippen LogP contribution in [0.5, 0.6) is 0 Å². The number of nitrogens with zero attached hydrogens (tertiary/aromatic N) is 4. The molecule has 146 valence electrons. The molecule has 0 aliphatic carbocycles. The van der Waals surface area contributed by atoms with Gasteiger partial charge in [0.2, 0.25) is 0 Å². The minimum absolute atomic E-state index is 0.132. The molecule has 29 heavy (non-hydrogen) atoms. The molecule has 3 heterocycles. The first-order chi connectivity index (χ1) is 14.3. The third-order valence-corrected chi connectivity index (χ3v) is 5.34. The number of aromatic nitrogens is 4. The SMILES string of the molecule is O=c1[nH]c2c(N(Cc3ccccc3)Cc3ccccc3)ncnc2n1C1CNC1. The summed E-state index contributed by atoms with van der Waals surface area (Å²) in [6, 6.07) is 20.7. The molecule has 1 saturated heterocycles. The molecular weight excluding hydrogens is 364 g/mol. The fraction of sp³-hybridized carbons (Fsp3) is 0.227. The predicted octanol–water partition coefficient (Wildman–Crippen LogP) is 2.47. The van der Waals surface area contributed by atoms with Crippen molar-refractivity contribution in [2.75, 3.05) is 18.0 Å². The second kappa shape index (κ2) is 7.52. The molecule has 2 aromatic carbocycles. The van der Waals surface area contributed by atoms with E-state index in [1.807, 2.05) is 36.4 Å². The highest BCUT2D eigenvalue weighted by Crippen LogP contribution is 2.26. The van der Waals surface area contributed by atoms with Gasteiger partial charge in [0.15, 0.2) is 11.5 Å². The van der Waals surface area contributed by atoms with Gasteiger partial charge in [0.05, 0.1) is 6.04 Å². The zero-order valence-electron chi connectivity index (χ0n) is 16.0. The van der Waals surface area contributed by atoms with E-state index in [2.05, 4.69) is 49.4 Å². The molecule has 0 atom stereocenters. The Labute approximate surface area is 168 Å². The van der Waals surface area contributed by atoms with E-state index in [-0.39, 0.29) is 11.7 Å². The van der Waals surface area contributed by atoms with Gasteiger partial charge in [-0.3, -0.25) is 4.57 Å². The van der Waals surface area contributed by atoms with E-state index in [1.54, 1.807) is 10.9 Å². The Morgan fingerprint density at radius 3 is 2.10 bits per heavy atom. The van der Waals surface area contributed by atoms with Crippen molar-refractivity contribution in [3.63, 3.8) is 0 Å². The van der Waals surface area contributed by atoms with Gasteiger partial charge in [-0.2, -0.15) is 0 Å². The summed E-state index contributed by atoms with van der Waals surface area (Å²) in [5.74, 6) is 0.742. The fourth-order valence-corrected chi connectivity index (χ4v) is 3.77. The molecule has 7 nitrogen and oxygen atoms in total. The van der Waals surface area contributed by atoms with Crippen LogP contribution in [0.2, 0.25) is 0 Å². The van der Waals surface area contributed by atoms with Crippen LogP contribution in [-0.4, -0.2) is 32.6 Å². The molecular formula is C22H22N6O. The van der Waals surface area contributed by atoms with Gasteiger partial charge in [0.25, 0.3) is 0 Å². The first-order valence-electron chi connectivity index (χ1n) is 9.78. The molecule has 1 fully saturated rings. The maximum absolute atomic E-state index is 12.7. The first kappa shape index (κ1) is 17.6. The van der Waals surface area contributed by atoms with Crippen molar-refractivity contribution in [3.05, 3.63) is 88.6 Å². The van der Waals surface area contributed by atoms with Crippen molar-refractivity contribution < 1.29 is 0 Å². The number of imidazole rings is 1. The third-order valence-electron chi connectivity index (χ3n) is 5.34. The van der Waals surface area contributed by atoms with E-state index < -0.39 is 0 Å². The van der Waals surface area contributed by atoms with Gasteiger partial charge in [0.1, 0.15) is 11.8 Å². The van der Waals surface area contributed by atoms with Crippen LogP contribution in [0.4, 0.5) is 5.82 Å². The van der Waals surface area contributed by atoms with Gasteiger partial charge in [-0.1, -0.05) is 60.7 Å². The molecule has 5 rings (SSSR count). The van der Waals surface area contributed by atoms with Crippen LogP contribution in [0.25, 0.3) is 11.2 Å². The Morgan fingerprint density at radius 1 is 0.931 bits per heavy atom. The Hall–Kier alpha value is -3.45. The summed E-state index contributed by atoms with van der Waals surface area (Å²) in [6.07, 6.45) is 1.55. The van der Waals surface area contributed by atoms with Gasteiger partial charge >= 0.3 is 5.69 Å². The van der Waals surface area contributed by atoms with E-state index >= 15 is 0 Å². The number of rotatable bonds is 6. The number of anilines is 1. The minimum atomic E-state index is -0.132. The van der Waals surface area contributed by atoms with Crippen molar-refractivity contribution in [2.45, 2.75) is 19.1 Å². The molecule has 0 spiro atoms. The summed E-state index contributed by atoms with van der Waals surface area (Å²) in [5.41, 5.74) is 3.59. The fourth-order valence-electron chi connectivity index (χ4n) is 3.77. The molecule has 1 aliphatic heterocycles. The Morgan fingerprint density at radius 2 is 1.55 bits per heavy atom. The van der Waals surface area contributed by atoms with E-state index in [0.717, 1.165) is 18.9 Å². The van der Waals surface area contributed by atoms with Crippen LogP contribution in [0.15, 0.2) is 71.8 Å². The highest BCUT2D eigenvalue weighted by molar-refractivity contribution is 5.83. The average Bonchev–Trinajstić information content (AvgIpc) is 3.04. The molecule has 0 saturated carbocycles. The van der Waals surface area contributed by atoms with Gasteiger partial charge in [-0.05, 0) is 11.1 Å². The normalized spacial score (nSPS) is 14.1. The van der Waals surface area contributed by atoms with Gasteiger partial charge in [0, 0.05) is 26.2 Å². The lowest BCUT2D eigenvalue weighted by Crippen LogP contribution is -2.46. The Kier molecular flexibility index (Phi) is 4.57. The summed E-state index contributed by atoms with van der Waals surface area (Å²) in [7, 11) is 0. The van der Waals surface area contributed by atoms with Crippen LogP contribution in [0.3, 0.4) is 0 Å². The van der Waals surface area contributed by atoms with Crippen LogP contribution in [0, 0.1) is 0 Å². The smallest absolute Gasteiger partial charge is 0.328 e. The van der Waals surface area contributed by atoms with Crippen molar-refractivity contribution >= 4 is 17.0 Å². The third kappa shape index (κ3) is 3.40. The lowest BCUT2D eigenvalue weighted by atomic mass is 10.1. The minimum Gasteiger partial charge on any atom is -0.346 e. The molecule has 0 unspecified atom stereocenters. The maximum Gasteiger partial charge on any atom is 0.328 e. The molecule has 2 aromatic heterocycles. The molecule has 7 heteroatoms. The number of H-pyrrole nitrogens is 1. The number of hydrogen-bond donors (Lipinski definition) is 2. The lowest BCUT2D eigenvalue weighted by Gasteiger charge is -2.28. The zero-order valence-corrected chi connectivity index (χ0v) is 16.0. The van der Waals surface area contributed by atoms with E-state index in [0.29, 0.717) is 24.3 Å². The molecule has 4 aromatic rings. The second-order valence-electron chi connectivity index (χ2n) is 7.34. The molecule has 0 radical (unpaired) electrons. The van der Waals surface area contributed by atoms with Crippen molar-refractivity contribution in [1.82, 2.24) is 24.8 Å². The summed E-state index contributed by atoms with van der Waals surface area (Å²) < 4.78 is 1.75. The van der Waals surface area contributed by atoms with Crippen molar-refractivity contribution in [2.24, 2.45) is 0 Å². The van der Waals surface area contributed by atoms with E-state index in [1.165, 1.54) is 11.1 Å². The first-order valence-corrected chi connectivity index (χ1v) is 9.78. The highest BCUT2D eigenvalue weighted by Gasteiger charge is 2.26. The predicted molar refractivity (Wildman–Crippen MR) is 113 cm³/mol. The summed E-state index contributed by atoms with van der Waals surface area (Å²) in [6.45, 7) is 2.92. The highest BCUT2D eigenvalue weighted by atomic mass is 16.1. The monoisotopic (exact) mass is 386 g/mol. The van der Waals surface area contributed by atoms with Gasteiger partial charge in [-0.25, -0.2) is 14.8 Å².